The van der Waals surface area contributed by atoms with E-state index in [2.05, 4.69) is 9.97 Å². The molecule has 0 radical (unpaired) electrons. The summed E-state index contributed by atoms with van der Waals surface area (Å²) in [4.78, 5) is 23.7. The Hall–Kier alpha value is -3.62. The number of nitrogens with zero attached hydrogens (tertiary/aromatic N) is 4. The van der Waals surface area contributed by atoms with Crippen LogP contribution < -0.4 is 0 Å². The number of rotatable bonds is 4. The van der Waals surface area contributed by atoms with Gasteiger partial charge in [-0.3, -0.25) is 9.36 Å². The van der Waals surface area contributed by atoms with Crippen molar-refractivity contribution in [3.8, 4) is 17.1 Å². The number of aromatic nitrogens is 3. The Balaban J connectivity index is 1.56. The second-order valence-electron chi connectivity index (χ2n) is 8.02. The Bertz CT molecular complexity index is 1310. The molecule has 1 amide bonds. The fourth-order valence-corrected chi connectivity index (χ4v) is 4.11. The highest BCUT2D eigenvalue weighted by molar-refractivity contribution is 5.99. The van der Waals surface area contributed by atoms with Crippen LogP contribution in [0.5, 0.6) is 0 Å². The Morgan fingerprint density at radius 1 is 1.12 bits per heavy atom. The molecule has 0 saturated carbocycles. The Kier molecular flexibility index (Phi) is 5.62. The van der Waals surface area contributed by atoms with Crippen molar-refractivity contribution in [2.24, 2.45) is 0 Å². The fourth-order valence-electron chi connectivity index (χ4n) is 4.11. The van der Waals surface area contributed by atoms with Crippen LogP contribution in [-0.2, 0) is 4.74 Å². The van der Waals surface area contributed by atoms with E-state index in [9.17, 15) is 14.3 Å². The molecule has 0 spiro atoms. The van der Waals surface area contributed by atoms with E-state index in [4.69, 9.17) is 4.74 Å². The van der Waals surface area contributed by atoms with Crippen molar-refractivity contribution >= 4 is 16.8 Å². The van der Waals surface area contributed by atoms with Crippen LogP contribution in [0.1, 0.15) is 28.9 Å². The first-order valence-corrected chi connectivity index (χ1v) is 10.8. The topological polar surface area (TPSA) is 80.5 Å². The molecule has 1 unspecified atom stereocenters. The lowest BCUT2D eigenvalue weighted by atomic mass is 10.1. The molecule has 4 aromatic rings. The molecule has 1 aliphatic rings. The number of amides is 1. The van der Waals surface area contributed by atoms with Gasteiger partial charge in [0, 0.05) is 59.3 Å². The molecule has 8 heteroatoms. The lowest BCUT2D eigenvalue weighted by Crippen LogP contribution is -2.40. The number of hydrogen-bond donors (Lipinski definition) is 1. The van der Waals surface area contributed by atoms with Crippen LogP contribution in [0.3, 0.4) is 0 Å². The summed E-state index contributed by atoms with van der Waals surface area (Å²) in [6, 6.07) is 11.9. The first-order valence-electron chi connectivity index (χ1n) is 10.8. The SMILES string of the molecule is CC(O)c1cn(-c2ncc(-c3ccccc3F)cn2)c2cc(C(=O)N3CCOCC3)ccc12. The van der Waals surface area contributed by atoms with Crippen molar-refractivity contribution in [3.05, 3.63) is 78.0 Å². The van der Waals surface area contributed by atoms with E-state index in [0.29, 0.717) is 60.0 Å². The minimum absolute atomic E-state index is 0.0673. The van der Waals surface area contributed by atoms with E-state index in [1.165, 1.54) is 6.07 Å². The first kappa shape index (κ1) is 21.2. The van der Waals surface area contributed by atoms with Crippen LogP contribution in [0.4, 0.5) is 4.39 Å². The summed E-state index contributed by atoms with van der Waals surface area (Å²) in [5.41, 5.74) is 2.95. The summed E-state index contributed by atoms with van der Waals surface area (Å²) in [7, 11) is 0. The molecule has 1 saturated heterocycles. The quantitative estimate of drug-likeness (QED) is 0.516. The van der Waals surface area contributed by atoms with Crippen LogP contribution in [-0.4, -0.2) is 56.8 Å². The van der Waals surface area contributed by atoms with Crippen molar-refractivity contribution in [3.63, 3.8) is 0 Å². The second-order valence-corrected chi connectivity index (χ2v) is 8.02. The third-order valence-corrected chi connectivity index (χ3v) is 5.87. The van der Waals surface area contributed by atoms with E-state index < -0.39 is 6.10 Å². The third kappa shape index (κ3) is 3.99. The summed E-state index contributed by atoms with van der Waals surface area (Å²) in [5.74, 6) is -0.0479. The summed E-state index contributed by atoms with van der Waals surface area (Å²) in [6.07, 6.45) is 4.19. The van der Waals surface area contributed by atoms with Crippen LogP contribution in [0, 0.1) is 5.82 Å². The smallest absolute Gasteiger partial charge is 0.254 e. The summed E-state index contributed by atoms with van der Waals surface area (Å²) in [6.45, 7) is 3.85. The predicted molar refractivity (Wildman–Crippen MR) is 122 cm³/mol. The van der Waals surface area contributed by atoms with Gasteiger partial charge >= 0.3 is 0 Å². The van der Waals surface area contributed by atoms with E-state index >= 15 is 0 Å². The minimum Gasteiger partial charge on any atom is -0.389 e. The summed E-state index contributed by atoms with van der Waals surface area (Å²) >= 11 is 0. The van der Waals surface area contributed by atoms with E-state index in [1.54, 1.807) is 65.3 Å². The Morgan fingerprint density at radius 3 is 2.55 bits per heavy atom. The van der Waals surface area contributed by atoms with Gasteiger partial charge in [0.1, 0.15) is 5.82 Å². The molecule has 1 aliphatic heterocycles. The maximum atomic E-state index is 14.1. The number of aliphatic hydroxyl groups excluding tert-OH is 1. The van der Waals surface area contributed by atoms with E-state index in [0.717, 1.165) is 5.39 Å². The van der Waals surface area contributed by atoms with Gasteiger partial charge in [-0.2, -0.15) is 0 Å². The Morgan fingerprint density at radius 2 is 1.85 bits per heavy atom. The minimum atomic E-state index is -0.716. The van der Waals surface area contributed by atoms with Gasteiger partial charge in [0.15, 0.2) is 0 Å². The van der Waals surface area contributed by atoms with Crippen molar-refractivity contribution in [1.29, 1.82) is 0 Å². The van der Waals surface area contributed by atoms with Gasteiger partial charge in [0.05, 0.1) is 24.8 Å². The van der Waals surface area contributed by atoms with E-state index in [-0.39, 0.29) is 11.7 Å². The van der Waals surface area contributed by atoms with Crippen LogP contribution >= 0.6 is 0 Å². The molecule has 33 heavy (non-hydrogen) atoms. The molecule has 2 aromatic carbocycles. The highest BCUT2D eigenvalue weighted by Gasteiger charge is 2.21. The molecule has 1 atom stereocenters. The lowest BCUT2D eigenvalue weighted by Gasteiger charge is -2.26. The predicted octanol–water partition coefficient (Wildman–Crippen LogP) is 3.75. The Labute approximate surface area is 190 Å². The van der Waals surface area contributed by atoms with Gasteiger partial charge in [0.25, 0.3) is 5.91 Å². The number of aliphatic hydroxyl groups is 1. The average Bonchev–Trinajstić information content (AvgIpc) is 3.24. The molecule has 1 N–H and O–H groups in total. The van der Waals surface area contributed by atoms with Crippen molar-refractivity contribution in [1.82, 2.24) is 19.4 Å². The second kappa shape index (κ2) is 8.73. The zero-order valence-corrected chi connectivity index (χ0v) is 18.1. The van der Waals surface area contributed by atoms with Gasteiger partial charge in [-0.05, 0) is 25.1 Å². The molecule has 168 valence electrons. The lowest BCUT2D eigenvalue weighted by molar-refractivity contribution is 0.0303. The van der Waals surface area contributed by atoms with Crippen molar-refractivity contribution in [2.45, 2.75) is 13.0 Å². The van der Waals surface area contributed by atoms with Crippen molar-refractivity contribution in [2.75, 3.05) is 26.3 Å². The average molecular weight is 446 g/mol. The standard InChI is InChI=1S/C25H23FN4O3/c1-16(31)21-15-30(25-27-13-18(14-28-25)19-4-2-3-5-22(19)26)23-12-17(6-7-20(21)23)24(32)29-8-10-33-11-9-29/h2-7,12-16,31H,8-11H2,1H3. The van der Waals surface area contributed by atoms with Gasteiger partial charge in [-0.25, -0.2) is 14.4 Å². The molecule has 5 rings (SSSR count). The van der Waals surface area contributed by atoms with Crippen molar-refractivity contribution < 1.29 is 19.0 Å². The van der Waals surface area contributed by atoms with Gasteiger partial charge in [0.2, 0.25) is 5.95 Å². The maximum Gasteiger partial charge on any atom is 0.254 e. The molecule has 1 fully saturated rings. The first-order chi connectivity index (χ1) is 16.0. The number of fused-ring (bicyclic) bond motifs is 1. The monoisotopic (exact) mass is 446 g/mol. The number of halogens is 1. The van der Waals surface area contributed by atoms with Crippen LogP contribution in [0.25, 0.3) is 28.0 Å². The molecular formula is C25H23FN4O3. The van der Waals surface area contributed by atoms with Crippen LogP contribution in [0.2, 0.25) is 0 Å². The fraction of sp³-hybridized carbons (Fsp3) is 0.240. The third-order valence-electron chi connectivity index (χ3n) is 5.87. The molecule has 3 heterocycles. The van der Waals surface area contributed by atoms with Gasteiger partial charge in [-0.1, -0.05) is 24.3 Å². The largest absolute Gasteiger partial charge is 0.389 e. The number of benzene rings is 2. The summed E-state index contributed by atoms with van der Waals surface area (Å²) in [5, 5.41) is 11.1. The number of carbonyl (C=O) groups is 1. The van der Waals surface area contributed by atoms with Gasteiger partial charge < -0.3 is 14.7 Å². The normalized spacial score (nSPS) is 15.1. The number of morpholine rings is 1. The number of hydrogen-bond acceptors (Lipinski definition) is 5. The number of carbonyl (C=O) groups excluding carboxylic acids is 1. The maximum absolute atomic E-state index is 14.1. The van der Waals surface area contributed by atoms with E-state index in [1.807, 2.05) is 6.07 Å². The highest BCUT2D eigenvalue weighted by atomic mass is 19.1. The summed E-state index contributed by atoms with van der Waals surface area (Å²) < 4.78 is 21.2. The number of ether oxygens (including phenoxy) is 1. The highest BCUT2D eigenvalue weighted by Crippen LogP contribution is 2.30. The zero-order chi connectivity index (χ0) is 22.9. The molecular weight excluding hydrogens is 423 g/mol. The molecule has 2 aromatic heterocycles. The molecule has 0 bridgehead atoms. The molecule has 7 nitrogen and oxygen atoms in total. The van der Waals surface area contributed by atoms with Crippen LogP contribution in [0.15, 0.2) is 61.1 Å². The molecule has 0 aliphatic carbocycles. The van der Waals surface area contributed by atoms with Gasteiger partial charge in [-0.15, -0.1) is 0 Å². The zero-order valence-electron chi connectivity index (χ0n) is 18.1.